The van der Waals surface area contributed by atoms with E-state index in [1.807, 2.05) is 0 Å². The second-order valence-electron chi connectivity index (χ2n) is 5.41. The summed E-state index contributed by atoms with van der Waals surface area (Å²) in [5.74, 6) is -0.941. The molecule has 26 heavy (non-hydrogen) atoms. The van der Waals surface area contributed by atoms with Crippen LogP contribution in [-0.2, 0) is 11.2 Å². The fraction of sp³-hybridized carbons (Fsp3) is 0.278. The van der Waals surface area contributed by atoms with Gasteiger partial charge >= 0.3 is 5.97 Å². The normalized spacial score (nSPS) is 10.2. The molecule has 2 aromatic rings. The van der Waals surface area contributed by atoms with Crippen LogP contribution in [-0.4, -0.2) is 43.1 Å². The van der Waals surface area contributed by atoms with Gasteiger partial charge < -0.3 is 24.9 Å². The Bertz CT molecular complexity index is 770. The van der Waals surface area contributed by atoms with Gasteiger partial charge in [-0.05, 0) is 36.2 Å². The maximum atomic E-state index is 11.8. The molecule has 1 aromatic heterocycles. The SMILES string of the molecule is COc1cc(C(=O)O)ccc1CCNC(=O)CCNC(=O)c1ccco1. The highest BCUT2D eigenvalue weighted by molar-refractivity contribution is 5.91. The Morgan fingerprint density at radius 3 is 2.62 bits per heavy atom. The van der Waals surface area contributed by atoms with Crippen molar-refractivity contribution in [2.75, 3.05) is 20.2 Å². The van der Waals surface area contributed by atoms with E-state index in [1.54, 1.807) is 18.2 Å². The van der Waals surface area contributed by atoms with Crippen molar-refractivity contribution in [1.82, 2.24) is 10.6 Å². The van der Waals surface area contributed by atoms with Crippen molar-refractivity contribution < 1.29 is 28.6 Å². The minimum atomic E-state index is -1.03. The number of methoxy groups -OCH3 is 1. The highest BCUT2D eigenvalue weighted by atomic mass is 16.5. The fourth-order valence-corrected chi connectivity index (χ4v) is 2.29. The molecule has 2 amide bonds. The maximum absolute atomic E-state index is 11.8. The number of carbonyl (C=O) groups excluding carboxylic acids is 2. The van der Waals surface area contributed by atoms with Crippen molar-refractivity contribution in [3.63, 3.8) is 0 Å². The number of hydrogen-bond donors (Lipinski definition) is 3. The lowest BCUT2D eigenvalue weighted by Gasteiger charge is -2.10. The van der Waals surface area contributed by atoms with Crippen LogP contribution in [0.4, 0.5) is 0 Å². The second-order valence-corrected chi connectivity index (χ2v) is 5.41. The summed E-state index contributed by atoms with van der Waals surface area (Å²) in [4.78, 5) is 34.4. The summed E-state index contributed by atoms with van der Waals surface area (Å²) in [5.41, 5.74) is 0.936. The van der Waals surface area contributed by atoms with E-state index < -0.39 is 5.97 Å². The van der Waals surface area contributed by atoms with E-state index in [-0.39, 0.29) is 36.1 Å². The molecule has 1 heterocycles. The van der Waals surface area contributed by atoms with Crippen LogP contribution in [0.1, 0.15) is 32.9 Å². The molecule has 0 saturated heterocycles. The van der Waals surface area contributed by atoms with Crippen molar-refractivity contribution in [2.45, 2.75) is 12.8 Å². The van der Waals surface area contributed by atoms with Gasteiger partial charge in [-0.3, -0.25) is 9.59 Å². The Balaban J connectivity index is 1.72. The maximum Gasteiger partial charge on any atom is 0.335 e. The van der Waals surface area contributed by atoms with Gasteiger partial charge in [0.25, 0.3) is 5.91 Å². The molecule has 0 atom stereocenters. The van der Waals surface area contributed by atoms with Crippen LogP contribution < -0.4 is 15.4 Å². The first-order valence-corrected chi connectivity index (χ1v) is 8.00. The Labute approximate surface area is 150 Å². The predicted octanol–water partition coefficient (Wildman–Crippen LogP) is 1.47. The largest absolute Gasteiger partial charge is 0.496 e. The summed E-state index contributed by atoms with van der Waals surface area (Å²) in [6, 6.07) is 7.76. The minimum Gasteiger partial charge on any atom is -0.496 e. The summed E-state index contributed by atoms with van der Waals surface area (Å²) in [7, 11) is 1.46. The first-order chi connectivity index (χ1) is 12.5. The van der Waals surface area contributed by atoms with Crippen LogP contribution in [0.15, 0.2) is 41.0 Å². The molecule has 0 aliphatic heterocycles. The van der Waals surface area contributed by atoms with Crippen LogP contribution in [0, 0.1) is 0 Å². The van der Waals surface area contributed by atoms with Gasteiger partial charge in [-0.2, -0.15) is 0 Å². The number of furan rings is 1. The van der Waals surface area contributed by atoms with Crippen molar-refractivity contribution in [3.8, 4) is 5.75 Å². The third kappa shape index (κ3) is 5.37. The quantitative estimate of drug-likeness (QED) is 0.623. The number of benzene rings is 1. The molecular weight excluding hydrogens is 340 g/mol. The standard InChI is InChI=1S/C18H20N2O6/c1-25-15-11-13(18(23)24)5-4-12(15)6-8-19-16(21)7-9-20-17(22)14-3-2-10-26-14/h2-5,10-11H,6-9H2,1H3,(H,19,21)(H,20,22)(H,23,24). The van der Waals surface area contributed by atoms with E-state index in [9.17, 15) is 14.4 Å². The first kappa shape index (κ1) is 19.0. The molecule has 8 heteroatoms. The Morgan fingerprint density at radius 1 is 1.15 bits per heavy atom. The van der Waals surface area contributed by atoms with Crippen LogP contribution in [0.2, 0.25) is 0 Å². The molecule has 0 aliphatic rings. The lowest BCUT2D eigenvalue weighted by atomic mass is 10.1. The number of amides is 2. The molecule has 8 nitrogen and oxygen atoms in total. The Hall–Kier alpha value is -3.29. The molecular formula is C18H20N2O6. The molecule has 0 spiro atoms. The zero-order valence-corrected chi connectivity index (χ0v) is 14.3. The van der Waals surface area contributed by atoms with Crippen molar-refractivity contribution in [3.05, 3.63) is 53.5 Å². The first-order valence-electron chi connectivity index (χ1n) is 8.00. The zero-order chi connectivity index (χ0) is 18.9. The summed E-state index contributed by atoms with van der Waals surface area (Å²) in [6.45, 7) is 0.565. The summed E-state index contributed by atoms with van der Waals surface area (Å²) in [6.07, 6.45) is 2.04. The molecule has 1 aromatic carbocycles. The van der Waals surface area contributed by atoms with Gasteiger partial charge in [0.05, 0.1) is 18.9 Å². The van der Waals surface area contributed by atoms with E-state index in [0.29, 0.717) is 18.7 Å². The third-order valence-electron chi connectivity index (χ3n) is 3.63. The molecule has 0 bridgehead atoms. The average Bonchev–Trinajstić information content (AvgIpc) is 3.16. The molecule has 0 saturated carbocycles. The lowest BCUT2D eigenvalue weighted by Crippen LogP contribution is -2.31. The molecule has 0 unspecified atom stereocenters. The van der Waals surface area contributed by atoms with Gasteiger partial charge in [0.1, 0.15) is 5.75 Å². The molecule has 0 aliphatic carbocycles. The van der Waals surface area contributed by atoms with Crippen molar-refractivity contribution >= 4 is 17.8 Å². The number of ether oxygens (including phenoxy) is 1. The molecule has 0 fully saturated rings. The molecule has 2 rings (SSSR count). The van der Waals surface area contributed by atoms with Crippen molar-refractivity contribution in [2.24, 2.45) is 0 Å². The molecule has 138 valence electrons. The van der Waals surface area contributed by atoms with Crippen LogP contribution >= 0.6 is 0 Å². The second kappa shape index (κ2) is 9.26. The van der Waals surface area contributed by atoms with E-state index in [0.717, 1.165) is 5.56 Å². The number of aromatic carboxylic acids is 1. The van der Waals surface area contributed by atoms with E-state index >= 15 is 0 Å². The van der Waals surface area contributed by atoms with E-state index in [1.165, 1.54) is 25.5 Å². The van der Waals surface area contributed by atoms with Crippen LogP contribution in [0.3, 0.4) is 0 Å². The number of carboxylic acid groups (broad SMARTS) is 1. The van der Waals surface area contributed by atoms with Gasteiger partial charge in [0.15, 0.2) is 5.76 Å². The Kier molecular flexibility index (Phi) is 6.78. The van der Waals surface area contributed by atoms with Gasteiger partial charge in [-0.1, -0.05) is 6.07 Å². The van der Waals surface area contributed by atoms with Crippen molar-refractivity contribution in [1.29, 1.82) is 0 Å². The molecule has 0 radical (unpaired) electrons. The van der Waals surface area contributed by atoms with Gasteiger partial charge in [-0.15, -0.1) is 0 Å². The van der Waals surface area contributed by atoms with E-state index in [2.05, 4.69) is 10.6 Å². The Morgan fingerprint density at radius 2 is 1.96 bits per heavy atom. The average molecular weight is 360 g/mol. The monoisotopic (exact) mass is 360 g/mol. The summed E-state index contributed by atoms with van der Waals surface area (Å²) < 4.78 is 10.1. The predicted molar refractivity (Wildman–Crippen MR) is 92.3 cm³/mol. The smallest absolute Gasteiger partial charge is 0.335 e. The number of carbonyl (C=O) groups is 3. The number of nitrogens with one attached hydrogen (secondary N) is 2. The summed E-state index contributed by atoms with van der Waals surface area (Å²) >= 11 is 0. The zero-order valence-electron chi connectivity index (χ0n) is 14.3. The van der Waals surface area contributed by atoms with Gasteiger partial charge in [0, 0.05) is 19.5 Å². The number of hydrogen-bond acceptors (Lipinski definition) is 5. The van der Waals surface area contributed by atoms with E-state index in [4.69, 9.17) is 14.3 Å². The number of rotatable bonds is 9. The number of carboxylic acids is 1. The molecule has 3 N–H and O–H groups in total. The van der Waals surface area contributed by atoms with Crippen LogP contribution in [0.25, 0.3) is 0 Å². The fourth-order valence-electron chi connectivity index (χ4n) is 2.29. The highest BCUT2D eigenvalue weighted by Crippen LogP contribution is 2.20. The topological polar surface area (TPSA) is 118 Å². The highest BCUT2D eigenvalue weighted by Gasteiger charge is 2.10. The summed E-state index contributed by atoms with van der Waals surface area (Å²) in [5, 5.41) is 14.3. The third-order valence-corrected chi connectivity index (χ3v) is 3.63. The van der Waals surface area contributed by atoms with Gasteiger partial charge in [0.2, 0.25) is 5.91 Å². The lowest BCUT2D eigenvalue weighted by molar-refractivity contribution is -0.120. The van der Waals surface area contributed by atoms with Gasteiger partial charge in [-0.25, -0.2) is 4.79 Å². The van der Waals surface area contributed by atoms with Crippen LogP contribution in [0.5, 0.6) is 5.75 Å². The minimum absolute atomic E-state index is 0.140.